The van der Waals surface area contributed by atoms with Crippen molar-refractivity contribution in [3.05, 3.63) is 87.9 Å². The zero-order valence-corrected chi connectivity index (χ0v) is 20.4. The maximum Gasteiger partial charge on any atom is 0.337 e. The number of hydrogen-bond acceptors (Lipinski definition) is 6. The highest BCUT2D eigenvalue weighted by atomic mass is 32.1. The third kappa shape index (κ3) is 5.72. The van der Waals surface area contributed by atoms with E-state index in [0.717, 1.165) is 10.4 Å². The summed E-state index contributed by atoms with van der Waals surface area (Å²) < 4.78 is 18.0. The van der Waals surface area contributed by atoms with Gasteiger partial charge in [-0.2, -0.15) is 0 Å². The molecule has 0 saturated carbocycles. The first kappa shape index (κ1) is 24.5. The van der Waals surface area contributed by atoms with Crippen molar-refractivity contribution in [2.45, 2.75) is 25.6 Å². The summed E-state index contributed by atoms with van der Waals surface area (Å²) in [5, 5.41) is 5.03. The molecule has 2 heterocycles. The standard InChI is InChI=1S/C25H22FN3O4S2/c1-33-24(32)17-6-10-19(11-7-17)27-22(30)13-21-23(31)29(14-16-4-8-18(26)9-5-16)25(34)28(21)15-20-3-2-12-35-20/h2-12,21H,13-15H2,1H3,(H,27,30)/t21-/m1/s1. The van der Waals surface area contributed by atoms with E-state index >= 15 is 0 Å². The summed E-state index contributed by atoms with van der Waals surface area (Å²) >= 11 is 7.17. The van der Waals surface area contributed by atoms with Crippen LogP contribution in [-0.2, 0) is 27.4 Å². The van der Waals surface area contributed by atoms with Crippen LogP contribution in [0.25, 0.3) is 0 Å². The first-order chi connectivity index (χ1) is 16.9. The van der Waals surface area contributed by atoms with Gasteiger partial charge in [-0.3, -0.25) is 14.5 Å². The van der Waals surface area contributed by atoms with Crippen molar-refractivity contribution in [2.75, 3.05) is 12.4 Å². The fourth-order valence-corrected chi connectivity index (χ4v) is 4.80. The molecule has 1 aliphatic heterocycles. The van der Waals surface area contributed by atoms with Crippen LogP contribution < -0.4 is 5.32 Å². The molecule has 1 saturated heterocycles. The van der Waals surface area contributed by atoms with Gasteiger partial charge in [-0.25, -0.2) is 9.18 Å². The van der Waals surface area contributed by atoms with Crippen LogP contribution in [0.3, 0.4) is 0 Å². The quantitative estimate of drug-likeness (QED) is 0.361. The number of nitrogens with zero attached hydrogens (tertiary/aromatic N) is 2. The number of carbonyl (C=O) groups is 3. The van der Waals surface area contributed by atoms with Crippen LogP contribution in [0.2, 0.25) is 0 Å². The molecule has 1 N–H and O–H groups in total. The Balaban J connectivity index is 1.50. The van der Waals surface area contributed by atoms with Crippen molar-refractivity contribution in [1.82, 2.24) is 9.80 Å². The molecule has 2 aromatic carbocycles. The number of amides is 2. The minimum Gasteiger partial charge on any atom is -0.465 e. The van der Waals surface area contributed by atoms with Gasteiger partial charge >= 0.3 is 5.97 Å². The Kier molecular flexibility index (Phi) is 7.52. The Labute approximate surface area is 211 Å². The Morgan fingerprint density at radius 2 is 1.80 bits per heavy atom. The third-order valence-electron chi connectivity index (χ3n) is 5.53. The molecular weight excluding hydrogens is 489 g/mol. The Morgan fingerprint density at radius 3 is 2.43 bits per heavy atom. The Morgan fingerprint density at radius 1 is 1.09 bits per heavy atom. The van der Waals surface area contributed by atoms with Gasteiger partial charge in [0.1, 0.15) is 11.9 Å². The van der Waals surface area contributed by atoms with E-state index in [0.29, 0.717) is 22.9 Å². The van der Waals surface area contributed by atoms with Crippen LogP contribution in [0.15, 0.2) is 66.0 Å². The van der Waals surface area contributed by atoms with Crippen LogP contribution in [0.4, 0.5) is 10.1 Å². The molecule has 3 aromatic rings. The molecule has 1 fully saturated rings. The van der Waals surface area contributed by atoms with E-state index in [9.17, 15) is 18.8 Å². The van der Waals surface area contributed by atoms with Crippen molar-refractivity contribution in [2.24, 2.45) is 0 Å². The number of esters is 1. The minimum absolute atomic E-state index is 0.108. The molecule has 35 heavy (non-hydrogen) atoms. The molecule has 2 amide bonds. The highest BCUT2D eigenvalue weighted by molar-refractivity contribution is 7.80. The van der Waals surface area contributed by atoms with Gasteiger partial charge in [0.15, 0.2) is 5.11 Å². The number of ether oxygens (including phenoxy) is 1. The van der Waals surface area contributed by atoms with Crippen molar-refractivity contribution in [3.63, 3.8) is 0 Å². The first-order valence-corrected chi connectivity index (χ1v) is 12.0. The average molecular weight is 512 g/mol. The molecule has 10 heteroatoms. The van der Waals surface area contributed by atoms with Gasteiger partial charge in [0.05, 0.1) is 32.2 Å². The Hall–Kier alpha value is -3.63. The molecule has 0 unspecified atom stereocenters. The lowest BCUT2D eigenvalue weighted by Crippen LogP contribution is -2.37. The third-order valence-corrected chi connectivity index (χ3v) is 6.85. The number of rotatable bonds is 8. The van der Waals surface area contributed by atoms with Crippen LogP contribution in [0.1, 0.15) is 27.2 Å². The van der Waals surface area contributed by atoms with Gasteiger partial charge in [0.2, 0.25) is 5.91 Å². The van der Waals surface area contributed by atoms with E-state index in [4.69, 9.17) is 12.2 Å². The number of carbonyl (C=O) groups excluding carboxylic acids is 3. The van der Waals surface area contributed by atoms with E-state index in [1.165, 1.54) is 35.5 Å². The zero-order valence-electron chi connectivity index (χ0n) is 18.8. The number of thiophene rings is 1. The molecular formula is C25H22FN3O4S2. The molecule has 1 aromatic heterocycles. The molecule has 1 aliphatic rings. The number of hydrogen-bond donors (Lipinski definition) is 1. The fourth-order valence-electron chi connectivity index (χ4n) is 3.75. The maximum atomic E-state index is 13.4. The van der Waals surface area contributed by atoms with Gasteiger partial charge in [-0.15, -0.1) is 11.3 Å². The summed E-state index contributed by atoms with van der Waals surface area (Å²) in [6, 6.07) is 15.2. The van der Waals surface area contributed by atoms with Crippen molar-refractivity contribution < 1.29 is 23.5 Å². The van der Waals surface area contributed by atoms with E-state index in [2.05, 4.69) is 10.1 Å². The topological polar surface area (TPSA) is 78.9 Å². The maximum absolute atomic E-state index is 13.4. The lowest BCUT2D eigenvalue weighted by molar-refractivity contribution is -0.131. The Bertz CT molecular complexity index is 1230. The first-order valence-electron chi connectivity index (χ1n) is 10.7. The number of anilines is 1. The van der Waals surface area contributed by atoms with Crippen LogP contribution in [0.5, 0.6) is 0 Å². The smallest absolute Gasteiger partial charge is 0.337 e. The summed E-state index contributed by atoms with van der Waals surface area (Å²) in [4.78, 5) is 42.0. The second-order valence-electron chi connectivity index (χ2n) is 7.88. The normalized spacial score (nSPS) is 15.4. The van der Waals surface area contributed by atoms with Gasteiger partial charge in [-0.1, -0.05) is 18.2 Å². The highest BCUT2D eigenvalue weighted by Crippen LogP contribution is 2.27. The highest BCUT2D eigenvalue weighted by Gasteiger charge is 2.43. The number of methoxy groups -OCH3 is 1. The monoisotopic (exact) mass is 511 g/mol. The zero-order chi connectivity index (χ0) is 24.9. The SMILES string of the molecule is COC(=O)c1ccc(NC(=O)C[C@@H]2C(=O)N(Cc3ccc(F)cc3)C(=S)N2Cc2cccs2)cc1. The van der Waals surface area contributed by atoms with E-state index in [1.54, 1.807) is 41.3 Å². The van der Waals surface area contributed by atoms with Crippen molar-refractivity contribution >= 4 is 52.1 Å². The summed E-state index contributed by atoms with van der Waals surface area (Å²) in [5.74, 6) is -1.49. The van der Waals surface area contributed by atoms with Crippen molar-refractivity contribution in [3.8, 4) is 0 Å². The summed E-state index contributed by atoms with van der Waals surface area (Å²) in [5.41, 5.74) is 1.58. The molecule has 0 spiro atoms. The van der Waals surface area contributed by atoms with Gasteiger partial charge in [0, 0.05) is 10.6 Å². The van der Waals surface area contributed by atoms with Crippen LogP contribution in [-0.4, -0.2) is 45.8 Å². The molecule has 7 nitrogen and oxygen atoms in total. The van der Waals surface area contributed by atoms with Gasteiger partial charge in [0.25, 0.3) is 5.91 Å². The summed E-state index contributed by atoms with van der Waals surface area (Å²) in [6.07, 6.45) is -0.108. The van der Waals surface area contributed by atoms with E-state index in [1.807, 2.05) is 17.5 Å². The number of benzene rings is 2. The van der Waals surface area contributed by atoms with Crippen LogP contribution in [0, 0.1) is 5.82 Å². The molecule has 0 radical (unpaired) electrons. The predicted molar refractivity (Wildman–Crippen MR) is 134 cm³/mol. The lowest BCUT2D eigenvalue weighted by Gasteiger charge is -2.23. The predicted octanol–water partition coefficient (Wildman–Crippen LogP) is 4.20. The van der Waals surface area contributed by atoms with Gasteiger partial charge in [-0.05, 0) is 65.6 Å². The van der Waals surface area contributed by atoms with E-state index < -0.39 is 12.0 Å². The second kappa shape index (κ2) is 10.7. The lowest BCUT2D eigenvalue weighted by atomic mass is 10.1. The molecule has 1 atom stereocenters. The number of thiocarbonyl (C=S) groups is 1. The molecule has 0 aliphatic carbocycles. The van der Waals surface area contributed by atoms with Crippen LogP contribution >= 0.6 is 23.6 Å². The van der Waals surface area contributed by atoms with E-state index in [-0.39, 0.29) is 30.6 Å². The van der Waals surface area contributed by atoms with Crippen molar-refractivity contribution in [1.29, 1.82) is 0 Å². The molecule has 0 bridgehead atoms. The molecule has 180 valence electrons. The average Bonchev–Trinajstić information content (AvgIpc) is 3.44. The second-order valence-corrected chi connectivity index (χ2v) is 9.28. The minimum atomic E-state index is -0.778. The number of halogens is 1. The summed E-state index contributed by atoms with van der Waals surface area (Å²) in [7, 11) is 1.29. The fraction of sp³-hybridized carbons (Fsp3) is 0.200. The van der Waals surface area contributed by atoms with Gasteiger partial charge < -0.3 is 15.0 Å². The molecule has 4 rings (SSSR count). The number of nitrogens with one attached hydrogen (secondary N) is 1. The summed E-state index contributed by atoms with van der Waals surface area (Å²) in [6.45, 7) is 0.583. The largest absolute Gasteiger partial charge is 0.465 e.